The number of halogens is 1. The summed E-state index contributed by atoms with van der Waals surface area (Å²) in [6, 6.07) is 7.45. The lowest BCUT2D eigenvalue weighted by atomic mass is 10.2. The summed E-state index contributed by atoms with van der Waals surface area (Å²) >= 11 is 6.18. The molecule has 2 rings (SSSR count). The molecule has 0 atom stereocenters. The smallest absolute Gasteiger partial charge is 0.129 e. The summed E-state index contributed by atoms with van der Waals surface area (Å²) in [5.41, 5.74) is 8.22. The molecule has 19 heavy (non-hydrogen) atoms. The van der Waals surface area contributed by atoms with E-state index in [2.05, 4.69) is 10.3 Å². The number of nitrogens with two attached hydrogens (primary N) is 1. The number of ether oxygens (including phenoxy) is 1. The Bertz CT molecular complexity index is 587. The van der Waals surface area contributed by atoms with E-state index in [-0.39, 0.29) is 0 Å². The molecular weight excluding hydrogens is 262 g/mol. The van der Waals surface area contributed by atoms with Crippen molar-refractivity contribution < 1.29 is 4.74 Å². The van der Waals surface area contributed by atoms with Crippen LogP contribution in [0.15, 0.2) is 30.5 Å². The highest BCUT2D eigenvalue weighted by Gasteiger charge is 2.08. The lowest BCUT2D eigenvalue weighted by molar-refractivity contribution is 0.410. The van der Waals surface area contributed by atoms with Gasteiger partial charge in [0.15, 0.2) is 0 Å². The van der Waals surface area contributed by atoms with Crippen molar-refractivity contribution in [2.24, 2.45) is 0 Å². The number of pyridine rings is 1. The Labute approximate surface area is 117 Å². The molecule has 0 radical (unpaired) electrons. The summed E-state index contributed by atoms with van der Waals surface area (Å²) in [6.07, 6.45) is 1.62. The molecule has 0 aliphatic carbocycles. The molecule has 0 saturated heterocycles. The topological polar surface area (TPSA) is 60.2 Å². The molecule has 5 heteroatoms. The normalized spacial score (nSPS) is 10.3. The van der Waals surface area contributed by atoms with Crippen molar-refractivity contribution in [1.82, 2.24) is 4.98 Å². The number of rotatable bonds is 4. The molecule has 1 heterocycles. The largest absolute Gasteiger partial charge is 0.496 e. The Hall–Kier alpha value is -1.94. The summed E-state index contributed by atoms with van der Waals surface area (Å²) in [6.45, 7) is 2.50. The Morgan fingerprint density at radius 3 is 2.89 bits per heavy atom. The van der Waals surface area contributed by atoms with E-state index < -0.39 is 0 Å². The van der Waals surface area contributed by atoms with Crippen molar-refractivity contribution in [3.8, 4) is 5.75 Å². The maximum atomic E-state index is 6.18. The van der Waals surface area contributed by atoms with Crippen molar-refractivity contribution in [1.29, 1.82) is 0 Å². The van der Waals surface area contributed by atoms with Gasteiger partial charge in [-0.2, -0.15) is 0 Å². The molecule has 0 aliphatic rings. The number of nitrogens with zero attached hydrogens (tertiary/aromatic N) is 1. The van der Waals surface area contributed by atoms with Gasteiger partial charge in [0.25, 0.3) is 0 Å². The Morgan fingerprint density at radius 1 is 1.42 bits per heavy atom. The molecule has 0 aliphatic heterocycles. The van der Waals surface area contributed by atoms with Crippen LogP contribution in [0.4, 0.5) is 11.5 Å². The van der Waals surface area contributed by atoms with Gasteiger partial charge >= 0.3 is 0 Å². The number of nitrogen functional groups attached to an aromatic ring is 1. The van der Waals surface area contributed by atoms with E-state index in [0.29, 0.717) is 17.3 Å². The van der Waals surface area contributed by atoms with Crippen LogP contribution in [0.25, 0.3) is 0 Å². The molecule has 0 bridgehead atoms. The minimum atomic E-state index is 0.542. The standard InChI is InChI=1S/C14H16ClN3O/c1-9-6-10(16)7-17-14(9)18-8-11-12(15)4-3-5-13(11)19-2/h3-7H,8,16H2,1-2H3,(H,17,18). The zero-order valence-electron chi connectivity index (χ0n) is 10.9. The Kier molecular flexibility index (Phi) is 4.12. The monoisotopic (exact) mass is 277 g/mol. The number of aromatic nitrogens is 1. The van der Waals surface area contributed by atoms with E-state index in [1.54, 1.807) is 13.3 Å². The van der Waals surface area contributed by atoms with Gasteiger partial charge in [0.05, 0.1) is 19.0 Å². The Morgan fingerprint density at radius 2 is 2.21 bits per heavy atom. The van der Waals surface area contributed by atoms with Gasteiger partial charge in [0, 0.05) is 17.1 Å². The van der Waals surface area contributed by atoms with Crippen LogP contribution in [0.2, 0.25) is 5.02 Å². The van der Waals surface area contributed by atoms with Crippen LogP contribution in [0, 0.1) is 6.92 Å². The number of hydrogen-bond donors (Lipinski definition) is 2. The number of aryl methyl sites for hydroxylation is 1. The van der Waals surface area contributed by atoms with Gasteiger partial charge < -0.3 is 15.8 Å². The van der Waals surface area contributed by atoms with Gasteiger partial charge in [0.1, 0.15) is 11.6 Å². The van der Waals surface area contributed by atoms with Crippen LogP contribution >= 0.6 is 11.6 Å². The van der Waals surface area contributed by atoms with Crippen molar-refractivity contribution in [2.45, 2.75) is 13.5 Å². The summed E-state index contributed by atoms with van der Waals surface area (Å²) in [5, 5.41) is 3.91. The van der Waals surface area contributed by atoms with Gasteiger partial charge in [-0.25, -0.2) is 4.98 Å². The van der Waals surface area contributed by atoms with Gasteiger partial charge in [-0.15, -0.1) is 0 Å². The van der Waals surface area contributed by atoms with Crippen LogP contribution in [0.1, 0.15) is 11.1 Å². The molecule has 4 nitrogen and oxygen atoms in total. The van der Waals surface area contributed by atoms with Crippen molar-refractivity contribution >= 4 is 23.1 Å². The maximum Gasteiger partial charge on any atom is 0.129 e. The average Bonchev–Trinajstić information content (AvgIpc) is 2.39. The third kappa shape index (κ3) is 3.09. The highest BCUT2D eigenvalue weighted by Crippen LogP contribution is 2.27. The second-order valence-corrected chi connectivity index (χ2v) is 4.62. The number of nitrogens with one attached hydrogen (secondary N) is 1. The van der Waals surface area contributed by atoms with Crippen molar-refractivity contribution in [3.63, 3.8) is 0 Å². The lowest BCUT2D eigenvalue weighted by Gasteiger charge is -2.13. The van der Waals surface area contributed by atoms with E-state index in [9.17, 15) is 0 Å². The van der Waals surface area contributed by atoms with Gasteiger partial charge in [0.2, 0.25) is 0 Å². The van der Waals surface area contributed by atoms with Crippen LogP contribution in [-0.4, -0.2) is 12.1 Å². The number of anilines is 2. The highest BCUT2D eigenvalue weighted by atomic mass is 35.5. The first-order valence-corrected chi connectivity index (χ1v) is 6.27. The van der Waals surface area contributed by atoms with E-state index in [4.69, 9.17) is 22.1 Å². The molecule has 3 N–H and O–H groups in total. The quantitative estimate of drug-likeness (QED) is 0.901. The first-order chi connectivity index (χ1) is 9.11. The summed E-state index contributed by atoms with van der Waals surface area (Å²) < 4.78 is 5.30. The lowest BCUT2D eigenvalue weighted by Crippen LogP contribution is -2.05. The second kappa shape index (κ2) is 5.80. The Balaban J connectivity index is 2.19. The molecule has 0 unspecified atom stereocenters. The molecule has 0 amide bonds. The molecule has 0 spiro atoms. The zero-order valence-corrected chi connectivity index (χ0v) is 11.7. The summed E-state index contributed by atoms with van der Waals surface area (Å²) in [4.78, 5) is 4.26. The van der Waals surface area contributed by atoms with E-state index in [1.807, 2.05) is 31.2 Å². The van der Waals surface area contributed by atoms with E-state index in [0.717, 1.165) is 22.7 Å². The molecule has 0 saturated carbocycles. The molecule has 1 aromatic heterocycles. The fourth-order valence-electron chi connectivity index (χ4n) is 1.86. The van der Waals surface area contributed by atoms with Gasteiger partial charge in [-0.1, -0.05) is 17.7 Å². The SMILES string of the molecule is COc1cccc(Cl)c1CNc1ncc(N)cc1C. The first-order valence-electron chi connectivity index (χ1n) is 5.89. The molecule has 1 aromatic carbocycles. The first kappa shape index (κ1) is 13.5. The van der Waals surface area contributed by atoms with Gasteiger partial charge in [-0.05, 0) is 30.7 Å². The fraction of sp³-hybridized carbons (Fsp3) is 0.214. The predicted octanol–water partition coefficient (Wildman–Crippen LogP) is 3.25. The second-order valence-electron chi connectivity index (χ2n) is 4.21. The van der Waals surface area contributed by atoms with Crippen LogP contribution < -0.4 is 15.8 Å². The number of methoxy groups -OCH3 is 1. The average molecular weight is 278 g/mol. The van der Waals surface area contributed by atoms with Crippen LogP contribution in [0.5, 0.6) is 5.75 Å². The number of hydrogen-bond acceptors (Lipinski definition) is 4. The third-order valence-electron chi connectivity index (χ3n) is 2.83. The minimum absolute atomic E-state index is 0.542. The summed E-state index contributed by atoms with van der Waals surface area (Å²) in [7, 11) is 1.63. The van der Waals surface area contributed by atoms with E-state index >= 15 is 0 Å². The van der Waals surface area contributed by atoms with Crippen LogP contribution in [0.3, 0.4) is 0 Å². The molecule has 0 fully saturated rings. The third-order valence-corrected chi connectivity index (χ3v) is 3.18. The molecule has 2 aromatic rings. The minimum Gasteiger partial charge on any atom is -0.496 e. The predicted molar refractivity (Wildman–Crippen MR) is 78.7 cm³/mol. The zero-order chi connectivity index (χ0) is 13.8. The van der Waals surface area contributed by atoms with Crippen molar-refractivity contribution in [3.05, 3.63) is 46.6 Å². The highest BCUT2D eigenvalue weighted by molar-refractivity contribution is 6.31. The van der Waals surface area contributed by atoms with Gasteiger partial charge in [-0.3, -0.25) is 0 Å². The molecule has 100 valence electrons. The molecular formula is C14H16ClN3O. The number of benzene rings is 1. The maximum absolute atomic E-state index is 6.18. The summed E-state index contributed by atoms with van der Waals surface area (Å²) in [5.74, 6) is 1.55. The fourth-order valence-corrected chi connectivity index (χ4v) is 2.09. The van der Waals surface area contributed by atoms with Crippen molar-refractivity contribution in [2.75, 3.05) is 18.2 Å². The van der Waals surface area contributed by atoms with Crippen LogP contribution in [-0.2, 0) is 6.54 Å². The van der Waals surface area contributed by atoms with E-state index in [1.165, 1.54) is 0 Å².